The normalized spacial score (nSPS) is 12.0. The average molecular weight is 306 g/mol. The van der Waals surface area contributed by atoms with Crippen LogP contribution in [0.5, 0.6) is 0 Å². The first-order valence-electron chi connectivity index (χ1n) is 6.16. The molecule has 0 spiro atoms. The van der Waals surface area contributed by atoms with Gasteiger partial charge in [-0.3, -0.25) is 4.68 Å². The summed E-state index contributed by atoms with van der Waals surface area (Å²) in [5.41, 5.74) is 6.92. The fourth-order valence-electron chi connectivity index (χ4n) is 2.04. The lowest BCUT2D eigenvalue weighted by molar-refractivity contribution is 0.579. The Kier molecular flexibility index (Phi) is 3.15. The number of H-pyrrole nitrogens is 1. The molecule has 0 unspecified atom stereocenters. The van der Waals surface area contributed by atoms with E-state index < -0.39 is 10.0 Å². The number of sulfonamides is 1. The molecule has 0 amide bonds. The Bertz CT molecular complexity index is 896. The van der Waals surface area contributed by atoms with Gasteiger partial charge in [-0.15, -0.1) is 0 Å². The molecule has 0 aliphatic carbocycles. The highest BCUT2D eigenvalue weighted by Crippen LogP contribution is 2.24. The Morgan fingerprint density at radius 2 is 2.24 bits per heavy atom. The largest absolute Gasteiger partial charge is 0.399 e. The van der Waals surface area contributed by atoms with Crippen LogP contribution in [0.4, 0.5) is 5.69 Å². The van der Waals surface area contributed by atoms with Crippen LogP contribution in [0.1, 0.15) is 5.82 Å². The van der Waals surface area contributed by atoms with Crippen LogP contribution in [-0.4, -0.2) is 28.2 Å². The van der Waals surface area contributed by atoms with Gasteiger partial charge in [-0.2, -0.15) is 5.10 Å². The van der Waals surface area contributed by atoms with E-state index in [0.717, 1.165) is 0 Å². The fourth-order valence-corrected chi connectivity index (χ4v) is 3.18. The van der Waals surface area contributed by atoms with Crippen molar-refractivity contribution in [3.05, 3.63) is 36.5 Å². The van der Waals surface area contributed by atoms with Crippen molar-refractivity contribution in [3.8, 4) is 0 Å². The molecule has 3 rings (SSSR count). The summed E-state index contributed by atoms with van der Waals surface area (Å²) < 4.78 is 28.7. The third kappa shape index (κ3) is 2.60. The first-order chi connectivity index (χ1) is 9.95. The second-order valence-electron chi connectivity index (χ2n) is 4.62. The predicted molar refractivity (Wildman–Crippen MR) is 77.7 cm³/mol. The molecule has 2 heterocycles. The summed E-state index contributed by atoms with van der Waals surface area (Å²) in [6.45, 7) is 0.0260. The zero-order chi connectivity index (χ0) is 15.0. The summed E-state index contributed by atoms with van der Waals surface area (Å²) in [6.07, 6.45) is 2.95. The van der Waals surface area contributed by atoms with E-state index in [1.54, 1.807) is 25.2 Å². The average Bonchev–Trinajstić information content (AvgIpc) is 3.02. The van der Waals surface area contributed by atoms with Gasteiger partial charge in [0.25, 0.3) is 0 Å². The van der Waals surface area contributed by atoms with Crippen molar-refractivity contribution in [1.82, 2.24) is 24.5 Å². The SMILES string of the molecule is Cn1cnc(CNS(=O)(=O)c2c[nH]c3ccc(N)cc23)n1. The van der Waals surface area contributed by atoms with E-state index in [4.69, 9.17) is 5.73 Å². The first-order valence-corrected chi connectivity index (χ1v) is 7.65. The molecule has 0 aliphatic rings. The van der Waals surface area contributed by atoms with Gasteiger partial charge < -0.3 is 10.7 Å². The van der Waals surface area contributed by atoms with E-state index in [-0.39, 0.29) is 11.4 Å². The van der Waals surface area contributed by atoms with Crippen LogP contribution in [-0.2, 0) is 23.6 Å². The quantitative estimate of drug-likeness (QED) is 0.601. The molecule has 0 fully saturated rings. The number of nitrogens with one attached hydrogen (secondary N) is 2. The Morgan fingerprint density at radius 3 is 2.95 bits per heavy atom. The highest BCUT2D eigenvalue weighted by atomic mass is 32.2. The van der Waals surface area contributed by atoms with Crippen LogP contribution in [0.15, 0.2) is 35.6 Å². The third-order valence-electron chi connectivity index (χ3n) is 3.02. The molecule has 8 nitrogen and oxygen atoms in total. The van der Waals surface area contributed by atoms with Crippen LogP contribution in [0, 0.1) is 0 Å². The van der Waals surface area contributed by atoms with Gasteiger partial charge in [0.1, 0.15) is 11.2 Å². The molecular weight excluding hydrogens is 292 g/mol. The van der Waals surface area contributed by atoms with E-state index in [9.17, 15) is 8.42 Å². The number of aromatic amines is 1. The van der Waals surface area contributed by atoms with E-state index in [0.29, 0.717) is 22.4 Å². The molecule has 4 N–H and O–H groups in total. The molecule has 0 saturated carbocycles. The standard InChI is InChI=1S/C12H14N6O2S/c1-18-7-15-12(17-18)6-16-21(19,20)11-5-14-10-3-2-8(13)4-9(10)11/h2-5,7,14,16H,6,13H2,1H3. The fraction of sp³-hybridized carbons (Fsp3) is 0.167. The monoisotopic (exact) mass is 306 g/mol. The van der Waals surface area contributed by atoms with Gasteiger partial charge in [-0.1, -0.05) is 0 Å². The lowest BCUT2D eigenvalue weighted by Gasteiger charge is -2.04. The topological polar surface area (TPSA) is 119 Å². The first kappa shape index (κ1) is 13.6. The molecule has 2 aromatic heterocycles. The third-order valence-corrected chi connectivity index (χ3v) is 4.47. The minimum Gasteiger partial charge on any atom is -0.399 e. The molecule has 0 saturated heterocycles. The maximum Gasteiger partial charge on any atom is 0.243 e. The van der Waals surface area contributed by atoms with E-state index in [2.05, 4.69) is 19.8 Å². The summed E-state index contributed by atoms with van der Waals surface area (Å²) in [6, 6.07) is 5.07. The highest BCUT2D eigenvalue weighted by Gasteiger charge is 2.19. The molecule has 110 valence electrons. The molecule has 21 heavy (non-hydrogen) atoms. The van der Waals surface area contributed by atoms with Crippen LogP contribution >= 0.6 is 0 Å². The number of fused-ring (bicyclic) bond motifs is 1. The van der Waals surface area contributed by atoms with Crippen LogP contribution in [0.2, 0.25) is 0 Å². The minimum absolute atomic E-state index is 0.0260. The number of aromatic nitrogens is 4. The summed E-state index contributed by atoms with van der Waals surface area (Å²) in [5.74, 6) is 0.403. The zero-order valence-corrected chi connectivity index (χ0v) is 12.1. The van der Waals surface area contributed by atoms with Crippen LogP contribution in [0.3, 0.4) is 0 Å². The number of rotatable bonds is 4. The van der Waals surface area contributed by atoms with Crippen molar-refractivity contribution in [2.45, 2.75) is 11.4 Å². The van der Waals surface area contributed by atoms with Gasteiger partial charge in [0, 0.05) is 29.8 Å². The molecule has 0 radical (unpaired) electrons. The number of hydrogen-bond acceptors (Lipinski definition) is 5. The number of hydrogen-bond donors (Lipinski definition) is 3. The Labute approximate surface area is 121 Å². The van der Waals surface area contributed by atoms with Crippen molar-refractivity contribution >= 4 is 26.6 Å². The van der Waals surface area contributed by atoms with Crippen molar-refractivity contribution < 1.29 is 8.42 Å². The van der Waals surface area contributed by atoms with Gasteiger partial charge >= 0.3 is 0 Å². The number of nitrogen functional groups attached to an aromatic ring is 1. The summed E-state index contributed by atoms with van der Waals surface area (Å²) in [7, 11) is -1.96. The van der Waals surface area contributed by atoms with Crippen molar-refractivity contribution in [2.24, 2.45) is 7.05 Å². The van der Waals surface area contributed by atoms with Crippen molar-refractivity contribution in [1.29, 1.82) is 0 Å². The highest BCUT2D eigenvalue weighted by molar-refractivity contribution is 7.89. The number of nitrogens with zero attached hydrogens (tertiary/aromatic N) is 3. The smallest absolute Gasteiger partial charge is 0.243 e. The number of anilines is 1. The Balaban J connectivity index is 1.91. The van der Waals surface area contributed by atoms with E-state index in [1.807, 2.05) is 0 Å². The van der Waals surface area contributed by atoms with Gasteiger partial charge in [-0.25, -0.2) is 18.1 Å². The van der Waals surface area contributed by atoms with Crippen molar-refractivity contribution in [3.63, 3.8) is 0 Å². The molecule has 0 aliphatic heterocycles. The zero-order valence-electron chi connectivity index (χ0n) is 11.2. The molecule has 1 aromatic carbocycles. The minimum atomic E-state index is -3.68. The second-order valence-corrected chi connectivity index (χ2v) is 6.35. The molecule has 9 heteroatoms. The molecule has 0 atom stereocenters. The lowest BCUT2D eigenvalue weighted by Crippen LogP contribution is -2.23. The van der Waals surface area contributed by atoms with Gasteiger partial charge in [-0.05, 0) is 18.2 Å². The second kappa shape index (κ2) is 4.86. The van der Waals surface area contributed by atoms with Gasteiger partial charge in [0.2, 0.25) is 10.0 Å². The molecule has 3 aromatic rings. The van der Waals surface area contributed by atoms with Gasteiger partial charge in [0.05, 0.1) is 6.54 Å². The van der Waals surface area contributed by atoms with Crippen molar-refractivity contribution in [2.75, 3.05) is 5.73 Å². The molecular formula is C12H14N6O2S. The summed E-state index contributed by atoms with van der Waals surface area (Å²) >= 11 is 0. The van der Waals surface area contributed by atoms with Gasteiger partial charge in [0.15, 0.2) is 5.82 Å². The van der Waals surface area contributed by atoms with E-state index >= 15 is 0 Å². The molecule has 0 bridgehead atoms. The Morgan fingerprint density at radius 1 is 1.43 bits per heavy atom. The van der Waals surface area contributed by atoms with Crippen LogP contribution in [0.25, 0.3) is 10.9 Å². The maximum absolute atomic E-state index is 12.4. The number of benzene rings is 1. The predicted octanol–water partition coefficient (Wildman–Crippen LogP) is 0.357. The lowest BCUT2D eigenvalue weighted by atomic mass is 10.2. The number of nitrogens with two attached hydrogens (primary N) is 1. The Hall–Kier alpha value is -2.39. The van der Waals surface area contributed by atoms with Crippen LogP contribution < -0.4 is 10.5 Å². The summed E-state index contributed by atoms with van der Waals surface area (Å²) in [5, 5.41) is 4.57. The maximum atomic E-state index is 12.4. The number of aryl methyl sites for hydroxylation is 1. The summed E-state index contributed by atoms with van der Waals surface area (Å²) in [4.78, 5) is 7.04. The van der Waals surface area contributed by atoms with E-state index in [1.165, 1.54) is 17.2 Å².